The number of benzene rings is 1. The van der Waals surface area contributed by atoms with E-state index >= 15 is 0 Å². The van der Waals surface area contributed by atoms with Gasteiger partial charge in [0.2, 0.25) is 5.91 Å². The lowest BCUT2D eigenvalue weighted by molar-refractivity contribution is -0.150. The average molecular weight is 552 g/mol. The number of carboxylic acid groups (broad SMARTS) is 1. The molecule has 4 aliphatic carbocycles. The number of aliphatic carboxylic acids is 1. The molecule has 9 heteroatoms. The van der Waals surface area contributed by atoms with Crippen molar-refractivity contribution in [3.05, 3.63) is 23.3 Å². The van der Waals surface area contributed by atoms with Crippen molar-refractivity contribution >= 4 is 17.8 Å². The number of hydrogen-bond donors (Lipinski definition) is 3. The van der Waals surface area contributed by atoms with E-state index in [1.165, 1.54) is 19.6 Å². The van der Waals surface area contributed by atoms with Crippen LogP contribution >= 0.6 is 0 Å². The lowest BCUT2D eigenvalue weighted by atomic mass is 9.70. The number of nitrogens with zero attached hydrogens (tertiary/aromatic N) is 1. The van der Waals surface area contributed by atoms with Gasteiger partial charge in [-0.1, -0.05) is 13.3 Å². The van der Waals surface area contributed by atoms with Crippen LogP contribution < -0.4 is 20.1 Å². The van der Waals surface area contributed by atoms with E-state index in [0.717, 1.165) is 32.1 Å². The van der Waals surface area contributed by atoms with Gasteiger partial charge in [-0.05, 0) is 88.0 Å². The van der Waals surface area contributed by atoms with Gasteiger partial charge in [-0.25, -0.2) is 0 Å². The van der Waals surface area contributed by atoms with Crippen LogP contribution in [0.3, 0.4) is 0 Å². The van der Waals surface area contributed by atoms with E-state index in [1.54, 1.807) is 13.0 Å². The molecule has 1 aromatic carbocycles. The van der Waals surface area contributed by atoms with Crippen LogP contribution in [0.4, 0.5) is 0 Å². The maximum atomic E-state index is 13.7. The molecule has 0 radical (unpaired) electrons. The minimum absolute atomic E-state index is 0.0344. The largest absolute Gasteiger partial charge is 0.496 e. The van der Waals surface area contributed by atoms with E-state index in [0.29, 0.717) is 32.2 Å². The van der Waals surface area contributed by atoms with Gasteiger partial charge in [-0.3, -0.25) is 14.4 Å². The number of ether oxygens (including phenoxy) is 2. The van der Waals surface area contributed by atoms with Crippen molar-refractivity contribution < 1.29 is 29.0 Å². The van der Waals surface area contributed by atoms with Gasteiger partial charge in [0.15, 0.2) is 0 Å². The Morgan fingerprint density at radius 3 is 2.35 bits per heavy atom. The van der Waals surface area contributed by atoms with Crippen LogP contribution in [0.1, 0.15) is 94.0 Å². The van der Waals surface area contributed by atoms with Crippen LogP contribution in [-0.4, -0.2) is 48.7 Å². The highest BCUT2D eigenvalue weighted by Crippen LogP contribution is 2.49. The van der Waals surface area contributed by atoms with Crippen LogP contribution in [0.2, 0.25) is 0 Å². The Balaban J connectivity index is 1.31. The molecule has 0 saturated heterocycles. The third-order valence-corrected chi connectivity index (χ3v) is 10.3. The number of fused-ring (bicyclic) bond motifs is 2. The summed E-state index contributed by atoms with van der Waals surface area (Å²) in [5.41, 5.74) is -0.0848. The summed E-state index contributed by atoms with van der Waals surface area (Å²) in [5.74, 6) is -0.293. The predicted molar refractivity (Wildman–Crippen MR) is 147 cm³/mol. The molecule has 3 N–H and O–H groups in total. The lowest BCUT2D eigenvalue weighted by Crippen LogP contribution is -2.51. The van der Waals surface area contributed by atoms with Crippen molar-refractivity contribution in [3.8, 4) is 17.6 Å². The first kappa shape index (κ1) is 28.3. The van der Waals surface area contributed by atoms with E-state index < -0.39 is 11.4 Å². The van der Waals surface area contributed by atoms with Gasteiger partial charge in [0, 0.05) is 18.7 Å². The number of carbonyl (C=O) groups is 3. The van der Waals surface area contributed by atoms with Crippen molar-refractivity contribution in [2.75, 3.05) is 13.7 Å². The van der Waals surface area contributed by atoms with Crippen LogP contribution in [-0.2, 0) is 9.59 Å². The molecule has 0 unspecified atom stereocenters. The molecule has 40 heavy (non-hydrogen) atoms. The SMILES string of the molecule is COc1cc(C#N)c(O[C@H]2CC[C@@](C)(C(=O)O)CC2)cc1C(=O)N[C@@H]1[C@@H]2CC[C@@H](C2)[C@@H]1C(=O)NCC1(C)CCC1. The summed E-state index contributed by atoms with van der Waals surface area (Å²) in [6, 6.07) is 4.94. The number of amides is 2. The highest BCUT2D eigenvalue weighted by atomic mass is 16.5. The third-order valence-electron chi connectivity index (χ3n) is 10.3. The van der Waals surface area contributed by atoms with Crippen LogP contribution in [0.25, 0.3) is 0 Å². The number of hydrogen-bond acceptors (Lipinski definition) is 6. The lowest BCUT2D eigenvalue weighted by Gasteiger charge is -2.39. The zero-order valence-electron chi connectivity index (χ0n) is 23.8. The number of methoxy groups -OCH3 is 1. The summed E-state index contributed by atoms with van der Waals surface area (Å²) in [5, 5.41) is 25.7. The zero-order valence-corrected chi connectivity index (χ0v) is 23.8. The maximum absolute atomic E-state index is 13.7. The fraction of sp³-hybridized carbons (Fsp3) is 0.677. The summed E-state index contributed by atoms with van der Waals surface area (Å²) < 4.78 is 11.7. The molecule has 0 heterocycles. The van der Waals surface area contributed by atoms with Gasteiger partial charge in [-0.2, -0.15) is 5.26 Å². The highest BCUT2D eigenvalue weighted by molar-refractivity contribution is 5.98. The number of nitrogens with one attached hydrogen (secondary N) is 2. The normalized spacial score (nSPS) is 31.9. The summed E-state index contributed by atoms with van der Waals surface area (Å²) in [4.78, 5) is 38.6. The highest BCUT2D eigenvalue weighted by Gasteiger charge is 2.51. The molecule has 4 fully saturated rings. The molecule has 5 rings (SSSR count). The second-order valence-corrected chi connectivity index (χ2v) is 13.1. The van der Waals surface area contributed by atoms with Crippen molar-refractivity contribution in [2.24, 2.45) is 28.6 Å². The second-order valence-electron chi connectivity index (χ2n) is 13.1. The van der Waals surface area contributed by atoms with Gasteiger partial charge in [0.25, 0.3) is 5.91 Å². The van der Waals surface area contributed by atoms with E-state index in [-0.39, 0.29) is 69.8 Å². The Hall–Kier alpha value is -3.28. The Morgan fingerprint density at radius 2 is 1.75 bits per heavy atom. The van der Waals surface area contributed by atoms with Gasteiger partial charge in [0.1, 0.15) is 17.6 Å². The second kappa shape index (κ2) is 10.9. The molecule has 4 saturated carbocycles. The fourth-order valence-corrected chi connectivity index (χ4v) is 7.31. The Labute approximate surface area is 236 Å². The molecular formula is C31H41N3O6. The first-order valence-corrected chi connectivity index (χ1v) is 14.7. The zero-order chi connectivity index (χ0) is 28.7. The number of nitriles is 1. The van der Waals surface area contributed by atoms with E-state index in [1.807, 2.05) is 0 Å². The van der Waals surface area contributed by atoms with Crippen molar-refractivity contribution in [1.82, 2.24) is 10.6 Å². The molecular weight excluding hydrogens is 510 g/mol. The predicted octanol–water partition coefficient (Wildman–Crippen LogP) is 4.43. The molecule has 1 aromatic rings. The molecule has 2 bridgehead atoms. The smallest absolute Gasteiger partial charge is 0.309 e. The van der Waals surface area contributed by atoms with E-state index in [4.69, 9.17) is 9.47 Å². The quantitative estimate of drug-likeness (QED) is 0.413. The Kier molecular flexibility index (Phi) is 7.73. The van der Waals surface area contributed by atoms with Crippen LogP contribution in [0.15, 0.2) is 12.1 Å². The Morgan fingerprint density at radius 1 is 1.05 bits per heavy atom. The van der Waals surface area contributed by atoms with Gasteiger partial charge in [-0.15, -0.1) is 0 Å². The molecule has 4 aliphatic rings. The molecule has 0 spiro atoms. The number of carbonyl (C=O) groups excluding carboxylic acids is 2. The van der Waals surface area contributed by atoms with Crippen molar-refractivity contribution in [1.29, 1.82) is 5.26 Å². The fourth-order valence-electron chi connectivity index (χ4n) is 7.31. The molecule has 0 aliphatic heterocycles. The first-order chi connectivity index (χ1) is 19.1. The van der Waals surface area contributed by atoms with Crippen LogP contribution in [0, 0.1) is 39.9 Å². The molecule has 0 aromatic heterocycles. The summed E-state index contributed by atoms with van der Waals surface area (Å²) in [6.07, 6.45) is 8.20. The maximum Gasteiger partial charge on any atom is 0.309 e. The number of carboxylic acids is 1. The summed E-state index contributed by atoms with van der Waals surface area (Å²) >= 11 is 0. The van der Waals surface area contributed by atoms with Crippen molar-refractivity contribution in [2.45, 2.75) is 90.2 Å². The van der Waals surface area contributed by atoms with Gasteiger partial charge >= 0.3 is 5.97 Å². The molecule has 9 nitrogen and oxygen atoms in total. The number of rotatable bonds is 9. The molecule has 4 atom stereocenters. The van der Waals surface area contributed by atoms with E-state index in [2.05, 4.69) is 23.6 Å². The topological polar surface area (TPSA) is 138 Å². The minimum Gasteiger partial charge on any atom is -0.496 e. The molecule has 216 valence electrons. The summed E-state index contributed by atoms with van der Waals surface area (Å²) in [7, 11) is 1.45. The van der Waals surface area contributed by atoms with E-state index in [9.17, 15) is 24.8 Å². The Bertz CT molecular complexity index is 1210. The van der Waals surface area contributed by atoms with Crippen LogP contribution in [0.5, 0.6) is 11.5 Å². The summed E-state index contributed by atoms with van der Waals surface area (Å²) in [6.45, 7) is 4.64. The third kappa shape index (κ3) is 5.37. The molecule has 2 amide bonds. The minimum atomic E-state index is -0.808. The van der Waals surface area contributed by atoms with Gasteiger partial charge < -0.3 is 25.2 Å². The van der Waals surface area contributed by atoms with Gasteiger partial charge in [0.05, 0.1) is 35.7 Å². The van der Waals surface area contributed by atoms with Crippen molar-refractivity contribution in [3.63, 3.8) is 0 Å². The average Bonchev–Trinajstić information content (AvgIpc) is 3.53. The monoisotopic (exact) mass is 551 g/mol. The first-order valence-electron chi connectivity index (χ1n) is 14.7. The standard InChI is InChI=1S/C31H41N3O6/c1-30(9-4-10-30)17-33-28(36)25-18-5-6-19(13-18)26(25)34-27(35)22-15-23(20(16-32)14-24(22)39-3)40-21-7-11-31(2,12-8-21)29(37)38/h14-15,18-19,21,25-26H,4-13,17H2,1-3H3,(H,33,36)(H,34,35)(H,37,38)/t18-,19+,21-,25-,26+,31+/m0/s1.